The maximum Gasteiger partial charge on any atom is 0.269 e. The number of nitrogens with two attached hydrogens (primary N) is 1. The molecule has 2 aromatic rings. The minimum atomic E-state index is -0.294. The third kappa shape index (κ3) is 2.94. The Morgan fingerprint density at radius 1 is 1.43 bits per heavy atom. The van der Waals surface area contributed by atoms with Crippen LogP contribution in [0.15, 0.2) is 28.7 Å². The van der Waals surface area contributed by atoms with E-state index in [0.717, 1.165) is 30.0 Å². The van der Waals surface area contributed by atoms with Gasteiger partial charge < -0.3 is 4.42 Å². The van der Waals surface area contributed by atoms with Gasteiger partial charge in [-0.25, -0.2) is 5.84 Å². The van der Waals surface area contributed by atoms with E-state index in [2.05, 4.69) is 17.2 Å². The predicted molar refractivity (Wildman–Crippen MR) is 81.5 cm³/mol. The van der Waals surface area contributed by atoms with Crippen molar-refractivity contribution in [2.24, 2.45) is 11.8 Å². The van der Waals surface area contributed by atoms with Crippen molar-refractivity contribution in [1.82, 2.24) is 10.3 Å². The predicted octanol–water partition coefficient (Wildman–Crippen LogP) is 2.27. The summed E-state index contributed by atoms with van der Waals surface area (Å²) in [6, 6.07) is 7.58. The minimum absolute atomic E-state index is 0.294. The number of hydrogen-bond acceptors (Lipinski definition) is 4. The summed E-state index contributed by atoms with van der Waals surface area (Å²) in [5.74, 6) is 6.53. The SMILES string of the molecule is CCN(Cc1oc2ccccc2c1C(=O)NN)CC1CC1. The monoisotopic (exact) mass is 287 g/mol. The lowest BCUT2D eigenvalue weighted by molar-refractivity contribution is 0.0951. The molecule has 1 aromatic carbocycles. The van der Waals surface area contributed by atoms with Crippen molar-refractivity contribution in [3.63, 3.8) is 0 Å². The lowest BCUT2D eigenvalue weighted by atomic mass is 10.1. The molecule has 0 saturated heterocycles. The molecule has 5 heteroatoms. The summed E-state index contributed by atoms with van der Waals surface area (Å²) in [6.07, 6.45) is 2.62. The molecule has 1 saturated carbocycles. The van der Waals surface area contributed by atoms with Gasteiger partial charge in [0.05, 0.1) is 12.1 Å². The zero-order chi connectivity index (χ0) is 14.8. The van der Waals surface area contributed by atoms with Crippen molar-refractivity contribution >= 4 is 16.9 Å². The van der Waals surface area contributed by atoms with E-state index >= 15 is 0 Å². The highest BCUT2D eigenvalue weighted by molar-refractivity contribution is 6.07. The smallest absolute Gasteiger partial charge is 0.269 e. The average Bonchev–Trinajstić information content (AvgIpc) is 3.24. The van der Waals surface area contributed by atoms with E-state index < -0.39 is 0 Å². The van der Waals surface area contributed by atoms with Gasteiger partial charge in [0.15, 0.2) is 0 Å². The maximum atomic E-state index is 12.1. The quantitative estimate of drug-likeness (QED) is 0.486. The Balaban J connectivity index is 1.93. The number of benzene rings is 1. The van der Waals surface area contributed by atoms with Crippen molar-refractivity contribution in [3.8, 4) is 0 Å². The van der Waals surface area contributed by atoms with Gasteiger partial charge in [0, 0.05) is 11.9 Å². The Hall–Kier alpha value is -1.85. The number of hydrazine groups is 1. The number of fused-ring (bicyclic) bond motifs is 1. The number of nitrogens with one attached hydrogen (secondary N) is 1. The van der Waals surface area contributed by atoms with E-state index in [4.69, 9.17) is 10.3 Å². The number of carbonyl (C=O) groups is 1. The Labute approximate surface area is 124 Å². The first kappa shape index (κ1) is 14.1. The summed E-state index contributed by atoms with van der Waals surface area (Å²) in [5.41, 5.74) is 3.51. The van der Waals surface area contributed by atoms with Crippen LogP contribution < -0.4 is 11.3 Å². The van der Waals surface area contributed by atoms with E-state index in [1.165, 1.54) is 12.8 Å². The van der Waals surface area contributed by atoms with Crippen molar-refractivity contribution in [3.05, 3.63) is 35.6 Å². The fourth-order valence-corrected chi connectivity index (χ4v) is 2.70. The number of carbonyl (C=O) groups excluding carboxylic acids is 1. The molecule has 112 valence electrons. The third-order valence-corrected chi connectivity index (χ3v) is 4.05. The lowest BCUT2D eigenvalue weighted by Gasteiger charge is -2.19. The molecule has 1 aromatic heterocycles. The molecule has 0 atom stereocenters. The van der Waals surface area contributed by atoms with Crippen molar-refractivity contribution < 1.29 is 9.21 Å². The molecule has 0 radical (unpaired) electrons. The molecule has 0 unspecified atom stereocenters. The Bertz CT molecular complexity index is 646. The first-order chi connectivity index (χ1) is 10.2. The Morgan fingerprint density at radius 2 is 2.19 bits per heavy atom. The van der Waals surface area contributed by atoms with Crippen LogP contribution in [0.4, 0.5) is 0 Å². The van der Waals surface area contributed by atoms with Gasteiger partial charge in [0.1, 0.15) is 11.3 Å². The molecule has 0 bridgehead atoms. The number of nitrogens with zero attached hydrogens (tertiary/aromatic N) is 1. The highest BCUT2D eigenvalue weighted by atomic mass is 16.3. The molecule has 21 heavy (non-hydrogen) atoms. The summed E-state index contributed by atoms with van der Waals surface area (Å²) in [7, 11) is 0. The van der Waals surface area contributed by atoms with E-state index in [9.17, 15) is 4.79 Å². The minimum Gasteiger partial charge on any atom is -0.459 e. The second kappa shape index (κ2) is 5.87. The number of amides is 1. The molecule has 1 heterocycles. The lowest BCUT2D eigenvalue weighted by Crippen LogP contribution is -2.32. The molecule has 1 amide bonds. The van der Waals surface area contributed by atoms with Crippen LogP contribution in [0.25, 0.3) is 11.0 Å². The van der Waals surface area contributed by atoms with Gasteiger partial charge in [-0.05, 0) is 31.4 Å². The largest absolute Gasteiger partial charge is 0.459 e. The van der Waals surface area contributed by atoms with Gasteiger partial charge in [0.25, 0.3) is 5.91 Å². The number of rotatable bonds is 6. The summed E-state index contributed by atoms with van der Waals surface area (Å²) in [6.45, 7) is 4.78. The van der Waals surface area contributed by atoms with Crippen molar-refractivity contribution in [2.75, 3.05) is 13.1 Å². The first-order valence-corrected chi connectivity index (χ1v) is 7.46. The molecule has 3 N–H and O–H groups in total. The molecular weight excluding hydrogens is 266 g/mol. The van der Waals surface area contributed by atoms with Crippen LogP contribution in [0.3, 0.4) is 0 Å². The molecular formula is C16H21N3O2. The molecule has 3 rings (SSSR count). The van der Waals surface area contributed by atoms with Gasteiger partial charge in [-0.2, -0.15) is 0 Å². The van der Waals surface area contributed by atoms with Crippen molar-refractivity contribution in [2.45, 2.75) is 26.3 Å². The van der Waals surface area contributed by atoms with E-state index in [-0.39, 0.29) is 5.91 Å². The molecule has 1 aliphatic carbocycles. The zero-order valence-corrected chi connectivity index (χ0v) is 12.3. The van der Waals surface area contributed by atoms with Gasteiger partial charge in [-0.3, -0.25) is 15.1 Å². The zero-order valence-electron chi connectivity index (χ0n) is 12.3. The second-order valence-corrected chi connectivity index (χ2v) is 5.64. The fourth-order valence-electron chi connectivity index (χ4n) is 2.70. The van der Waals surface area contributed by atoms with Crippen LogP contribution in [0.2, 0.25) is 0 Å². The Kier molecular flexibility index (Phi) is 3.94. The maximum absolute atomic E-state index is 12.1. The highest BCUT2D eigenvalue weighted by Crippen LogP contribution is 2.31. The number of hydrogen-bond donors (Lipinski definition) is 2. The van der Waals surface area contributed by atoms with Crippen LogP contribution in [0.5, 0.6) is 0 Å². The van der Waals surface area contributed by atoms with E-state index in [0.29, 0.717) is 17.9 Å². The molecule has 1 aliphatic rings. The van der Waals surface area contributed by atoms with Gasteiger partial charge >= 0.3 is 0 Å². The molecule has 0 aliphatic heterocycles. The Morgan fingerprint density at radius 3 is 2.86 bits per heavy atom. The van der Waals surface area contributed by atoms with Crippen LogP contribution in [0.1, 0.15) is 35.9 Å². The van der Waals surface area contributed by atoms with Crippen LogP contribution in [0, 0.1) is 5.92 Å². The number of para-hydroxylation sites is 1. The summed E-state index contributed by atoms with van der Waals surface area (Å²) < 4.78 is 5.90. The van der Waals surface area contributed by atoms with E-state index in [1.807, 2.05) is 24.3 Å². The fraction of sp³-hybridized carbons (Fsp3) is 0.438. The highest BCUT2D eigenvalue weighted by Gasteiger charge is 2.26. The van der Waals surface area contributed by atoms with Gasteiger partial charge in [0.2, 0.25) is 0 Å². The van der Waals surface area contributed by atoms with E-state index in [1.54, 1.807) is 0 Å². The number of nitrogen functional groups attached to an aromatic ring is 1. The second-order valence-electron chi connectivity index (χ2n) is 5.64. The number of furan rings is 1. The van der Waals surface area contributed by atoms with Crippen molar-refractivity contribution in [1.29, 1.82) is 0 Å². The van der Waals surface area contributed by atoms with Gasteiger partial charge in [-0.1, -0.05) is 25.1 Å². The third-order valence-electron chi connectivity index (χ3n) is 4.05. The standard InChI is InChI=1S/C16H21N3O2/c1-2-19(9-11-7-8-11)10-14-15(16(20)18-17)12-5-3-4-6-13(12)21-14/h3-6,11H,2,7-10,17H2,1H3,(H,18,20). The summed E-state index contributed by atoms with van der Waals surface area (Å²) >= 11 is 0. The molecule has 1 fully saturated rings. The normalized spacial score (nSPS) is 14.8. The molecule has 5 nitrogen and oxygen atoms in total. The van der Waals surface area contributed by atoms with Crippen LogP contribution >= 0.6 is 0 Å². The van der Waals surface area contributed by atoms with Crippen LogP contribution in [-0.2, 0) is 6.54 Å². The average molecular weight is 287 g/mol. The first-order valence-electron chi connectivity index (χ1n) is 7.46. The summed E-state index contributed by atoms with van der Waals surface area (Å²) in [5, 5.41) is 0.818. The summed E-state index contributed by atoms with van der Waals surface area (Å²) in [4.78, 5) is 14.4. The van der Waals surface area contributed by atoms with Crippen LogP contribution in [-0.4, -0.2) is 23.9 Å². The topological polar surface area (TPSA) is 71.5 Å². The molecule has 0 spiro atoms. The van der Waals surface area contributed by atoms with Gasteiger partial charge in [-0.15, -0.1) is 0 Å².